The lowest BCUT2D eigenvalue weighted by atomic mass is 10.0. The van der Waals surface area contributed by atoms with E-state index in [1.807, 2.05) is 72.8 Å². The number of benzene rings is 4. The Hall–Kier alpha value is -6.08. The molecule has 0 unspecified atom stereocenters. The molecule has 7 nitrogen and oxygen atoms in total. The Kier molecular flexibility index (Phi) is 10.8. The normalized spacial score (nSPS) is 10.7. The topological polar surface area (TPSA) is 87.6 Å². The van der Waals surface area contributed by atoms with E-state index < -0.39 is 11.9 Å². The maximum Gasteiger partial charge on any atom is 0.343 e. The zero-order valence-electron chi connectivity index (χ0n) is 27.3. The van der Waals surface area contributed by atoms with Crippen molar-refractivity contribution in [3.63, 3.8) is 0 Å². The molecule has 0 aliphatic rings. The molecule has 0 saturated heterocycles. The first-order valence-corrected chi connectivity index (χ1v) is 16.4. The number of carbonyl (C=O) groups excluding carboxylic acids is 2. The van der Waals surface area contributed by atoms with Gasteiger partial charge < -0.3 is 14.2 Å². The molecule has 0 fully saturated rings. The van der Waals surface area contributed by atoms with E-state index in [9.17, 15) is 9.59 Å². The molecule has 0 bridgehead atoms. The Balaban J connectivity index is 1.08. The van der Waals surface area contributed by atoms with Gasteiger partial charge in [-0.05, 0) is 102 Å². The van der Waals surface area contributed by atoms with Gasteiger partial charge in [0, 0.05) is 11.8 Å². The quantitative estimate of drug-likeness (QED) is 0.0700. The van der Waals surface area contributed by atoms with Crippen LogP contribution in [0.3, 0.4) is 0 Å². The smallest absolute Gasteiger partial charge is 0.343 e. The predicted octanol–water partition coefficient (Wildman–Crippen LogP) is 9.88. The van der Waals surface area contributed by atoms with E-state index in [1.165, 1.54) is 12.8 Å². The Morgan fingerprint density at radius 3 is 1.73 bits per heavy atom. The van der Waals surface area contributed by atoms with Gasteiger partial charge in [-0.2, -0.15) is 0 Å². The van der Waals surface area contributed by atoms with Gasteiger partial charge in [0.1, 0.15) is 17.2 Å². The number of esters is 2. The van der Waals surface area contributed by atoms with Crippen molar-refractivity contribution in [3.05, 3.63) is 151 Å². The molecule has 49 heavy (non-hydrogen) atoms. The Morgan fingerprint density at radius 1 is 0.531 bits per heavy atom. The summed E-state index contributed by atoms with van der Waals surface area (Å²) >= 11 is 0. The maximum atomic E-state index is 12.9. The van der Waals surface area contributed by atoms with Crippen LogP contribution in [0.25, 0.3) is 33.8 Å². The van der Waals surface area contributed by atoms with Crippen molar-refractivity contribution < 1.29 is 23.8 Å². The molecule has 2 heterocycles. The van der Waals surface area contributed by atoms with E-state index in [-0.39, 0.29) is 0 Å². The molecule has 6 aromatic rings. The van der Waals surface area contributed by atoms with Crippen molar-refractivity contribution in [2.24, 2.45) is 0 Å². The average Bonchev–Trinajstić information content (AvgIpc) is 3.16. The predicted molar refractivity (Wildman–Crippen MR) is 191 cm³/mol. The number of pyridine rings is 2. The molecule has 6 rings (SSSR count). The first-order valence-electron chi connectivity index (χ1n) is 16.4. The molecule has 0 spiro atoms. The number of hydrogen-bond donors (Lipinski definition) is 0. The summed E-state index contributed by atoms with van der Waals surface area (Å²) < 4.78 is 16.9. The second-order valence-corrected chi connectivity index (χ2v) is 11.5. The van der Waals surface area contributed by atoms with Crippen LogP contribution in [0.1, 0.15) is 53.3 Å². The lowest BCUT2D eigenvalue weighted by Crippen LogP contribution is -2.10. The summed E-state index contributed by atoms with van der Waals surface area (Å²) in [4.78, 5) is 35.0. The zero-order chi connectivity index (χ0) is 33.8. The number of hydrogen-bond acceptors (Lipinski definition) is 7. The fourth-order valence-electron chi connectivity index (χ4n) is 5.21. The molecule has 2 aromatic heterocycles. The first-order chi connectivity index (χ1) is 24.1. The van der Waals surface area contributed by atoms with Gasteiger partial charge in [-0.25, -0.2) is 14.6 Å². The molecule has 0 atom stereocenters. The Labute approximate surface area is 286 Å². The van der Waals surface area contributed by atoms with Crippen molar-refractivity contribution >= 4 is 11.9 Å². The molecule has 0 aliphatic carbocycles. The monoisotopic (exact) mass is 648 g/mol. The van der Waals surface area contributed by atoms with E-state index in [0.717, 1.165) is 52.4 Å². The van der Waals surface area contributed by atoms with E-state index in [2.05, 4.69) is 11.9 Å². The summed E-state index contributed by atoms with van der Waals surface area (Å²) in [7, 11) is 0. The van der Waals surface area contributed by atoms with Gasteiger partial charge in [-0.3, -0.25) is 4.98 Å². The van der Waals surface area contributed by atoms with Crippen molar-refractivity contribution in [2.45, 2.75) is 32.6 Å². The third-order valence-electron chi connectivity index (χ3n) is 7.88. The number of unbranched alkanes of at least 4 members (excludes halogenated alkanes) is 3. The third-order valence-corrected chi connectivity index (χ3v) is 7.88. The van der Waals surface area contributed by atoms with Crippen LogP contribution in [0.15, 0.2) is 140 Å². The fourth-order valence-corrected chi connectivity index (χ4v) is 5.21. The van der Waals surface area contributed by atoms with Crippen LogP contribution in [0, 0.1) is 0 Å². The highest BCUT2D eigenvalue weighted by Crippen LogP contribution is 2.31. The van der Waals surface area contributed by atoms with Crippen LogP contribution in [0.4, 0.5) is 0 Å². The van der Waals surface area contributed by atoms with Gasteiger partial charge in [0.2, 0.25) is 0 Å². The van der Waals surface area contributed by atoms with Crippen molar-refractivity contribution in [3.8, 4) is 51.0 Å². The van der Waals surface area contributed by atoms with E-state index in [4.69, 9.17) is 19.2 Å². The molecule has 0 saturated carbocycles. The number of ether oxygens (including phenoxy) is 3. The van der Waals surface area contributed by atoms with Gasteiger partial charge >= 0.3 is 11.9 Å². The largest absolute Gasteiger partial charge is 0.494 e. The second-order valence-electron chi connectivity index (χ2n) is 11.5. The third kappa shape index (κ3) is 8.84. The number of rotatable bonds is 13. The molecule has 4 aromatic carbocycles. The lowest BCUT2D eigenvalue weighted by Gasteiger charge is -2.11. The maximum absolute atomic E-state index is 12.9. The van der Waals surface area contributed by atoms with Crippen molar-refractivity contribution in [2.75, 3.05) is 6.61 Å². The van der Waals surface area contributed by atoms with Gasteiger partial charge in [0.15, 0.2) is 0 Å². The first kappa shape index (κ1) is 32.8. The summed E-state index contributed by atoms with van der Waals surface area (Å²) in [6, 6.07) is 40.3. The van der Waals surface area contributed by atoms with Gasteiger partial charge in [0.25, 0.3) is 0 Å². The summed E-state index contributed by atoms with van der Waals surface area (Å²) in [5.74, 6) is 0.417. The van der Waals surface area contributed by atoms with Crippen molar-refractivity contribution in [1.82, 2.24) is 9.97 Å². The summed E-state index contributed by atoms with van der Waals surface area (Å²) in [6.07, 6.45) is 6.28. The van der Waals surface area contributed by atoms with Crippen LogP contribution in [0.2, 0.25) is 0 Å². The Bertz CT molecular complexity index is 1920. The lowest BCUT2D eigenvalue weighted by molar-refractivity contribution is 0.0730. The molecule has 0 aliphatic heterocycles. The molecule has 0 N–H and O–H groups in total. The SMILES string of the molecule is CCCCCCOc1ccc(C(=O)Oc2ccc(C(=O)Oc3ccc(-c4cc(-c5ccccc5)nc(-c5ccccn5)c4)cc3)cc2)cc1. The van der Waals surface area contributed by atoms with Crippen molar-refractivity contribution in [1.29, 1.82) is 0 Å². The summed E-state index contributed by atoms with van der Waals surface area (Å²) in [6.45, 7) is 2.83. The van der Waals surface area contributed by atoms with Crippen LogP contribution >= 0.6 is 0 Å². The van der Waals surface area contributed by atoms with Crippen LogP contribution in [-0.2, 0) is 0 Å². The minimum absolute atomic E-state index is 0.319. The number of aromatic nitrogens is 2. The van der Waals surface area contributed by atoms with Gasteiger partial charge in [-0.1, -0.05) is 74.7 Å². The molecular weight excluding hydrogens is 612 g/mol. The number of nitrogens with zero attached hydrogens (tertiary/aromatic N) is 2. The number of carbonyl (C=O) groups is 2. The van der Waals surface area contributed by atoms with E-state index in [1.54, 1.807) is 66.9 Å². The minimum Gasteiger partial charge on any atom is -0.494 e. The van der Waals surface area contributed by atoms with Crippen LogP contribution in [0.5, 0.6) is 17.2 Å². The molecule has 7 heteroatoms. The summed E-state index contributed by atoms with van der Waals surface area (Å²) in [5, 5.41) is 0. The van der Waals surface area contributed by atoms with Gasteiger partial charge in [-0.15, -0.1) is 0 Å². The highest BCUT2D eigenvalue weighted by molar-refractivity contribution is 5.93. The molecule has 0 amide bonds. The molecular formula is C42H36N2O5. The molecule has 244 valence electrons. The van der Waals surface area contributed by atoms with E-state index in [0.29, 0.717) is 29.2 Å². The van der Waals surface area contributed by atoms with Crippen LogP contribution < -0.4 is 14.2 Å². The highest BCUT2D eigenvalue weighted by atomic mass is 16.5. The van der Waals surface area contributed by atoms with Gasteiger partial charge in [0.05, 0.1) is 34.8 Å². The standard InChI is InChI=1S/C42H36N2O5/c1-2-3-4-10-27-47-35-20-16-32(17-21-35)41(45)49-37-24-18-33(19-25-37)42(46)48-36-22-14-30(15-23-36)34-28-39(31-11-6-5-7-12-31)44-40(29-34)38-13-8-9-26-43-38/h5-9,11-26,28-29H,2-4,10,27H2,1H3. The second kappa shape index (κ2) is 16.2. The molecule has 0 radical (unpaired) electrons. The minimum atomic E-state index is -0.524. The van der Waals surface area contributed by atoms with E-state index >= 15 is 0 Å². The Morgan fingerprint density at radius 2 is 1.12 bits per heavy atom. The fraction of sp³-hybridized carbons (Fsp3) is 0.143. The summed E-state index contributed by atoms with van der Waals surface area (Å²) in [5.41, 5.74) is 6.00. The average molecular weight is 649 g/mol. The highest BCUT2D eigenvalue weighted by Gasteiger charge is 2.14. The zero-order valence-corrected chi connectivity index (χ0v) is 27.3. The van der Waals surface area contributed by atoms with Crippen LogP contribution in [-0.4, -0.2) is 28.5 Å².